The summed E-state index contributed by atoms with van der Waals surface area (Å²) < 4.78 is 7.62. The lowest BCUT2D eigenvalue weighted by molar-refractivity contribution is -0.121. The largest absolute Gasteiger partial charge is 0.497 e. The minimum absolute atomic E-state index is 0.139. The van der Waals surface area contributed by atoms with E-state index in [0.29, 0.717) is 22.3 Å². The van der Waals surface area contributed by atoms with Gasteiger partial charge >= 0.3 is 5.69 Å². The van der Waals surface area contributed by atoms with Crippen molar-refractivity contribution in [3.63, 3.8) is 0 Å². The van der Waals surface area contributed by atoms with E-state index >= 15 is 0 Å². The third-order valence-corrected chi connectivity index (χ3v) is 4.61. The fourth-order valence-corrected chi connectivity index (χ4v) is 3.10. The van der Waals surface area contributed by atoms with Gasteiger partial charge in [0.25, 0.3) is 5.56 Å². The first-order valence-electron chi connectivity index (χ1n) is 8.77. The first-order valence-corrected chi connectivity index (χ1v) is 8.77. The van der Waals surface area contributed by atoms with Gasteiger partial charge in [0, 0.05) is 12.1 Å². The van der Waals surface area contributed by atoms with Gasteiger partial charge in [-0.25, -0.2) is 9.36 Å². The molecular formula is C20H19N3O4. The first-order chi connectivity index (χ1) is 13.1. The maximum absolute atomic E-state index is 13.1. The lowest BCUT2D eigenvalue weighted by Gasteiger charge is -2.14. The Kier molecular flexibility index (Phi) is 4.27. The predicted molar refractivity (Wildman–Crippen MR) is 102 cm³/mol. The van der Waals surface area contributed by atoms with E-state index in [4.69, 9.17) is 4.74 Å². The summed E-state index contributed by atoms with van der Waals surface area (Å²) >= 11 is 0. The molecule has 1 aliphatic carbocycles. The van der Waals surface area contributed by atoms with Crippen molar-refractivity contribution in [1.82, 2.24) is 14.5 Å². The molecule has 1 aromatic heterocycles. The van der Waals surface area contributed by atoms with Crippen LogP contribution in [0, 0.1) is 0 Å². The molecule has 3 aromatic rings. The van der Waals surface area contributed by atoms with Crippen molar-refractivity contribution < 1.29 is 9.53 Å². The number of carbonyl (C=O) groups is 1. The van der Waals surface area contributed by atoms with Crippen molar-refractivity contribution in [2.24, 2.45) is 0 Å². The fourth-order valence-electron chi connectivity index (χ4n) is 3.10. The van der Waals surface area contributed by atoms with Gasteiger partial charge in [0.05, 0.1) is 23.7 Å². The van der Waals surface area contributed by atoms with E-state index in [0.717, 1.165) is 17.4 Å². The second kappa shape index (κ2) is 6.75. The summed E-state index contributed by atoms with van der Waals surface area (Å²) in [5.41, 5.74) is -0.148. The molecule has 0 saturated heterocycles. The number of fused-ring (bicyclic) bond motifs is 1. The van der Waals surface area contributed by atoms with Crippen LogP contribution in [0.3, 0.4) is 0 Å². The second-order valence-electron chi connectivity index (χ2n) is 6.57. The van der Waals surface area contributed by atoms with Crippen molar-refractivity contribution in [3.8, 4) is 11.4 Å². The Morgan fingerprint density at radius 1 is 1.15 bits per heavy atom. The molecule has 1 saturated carbocycles. The van der Waals surface area contributed by atoms with Gasteiger partial charge in [-0.2, -0.15) is 0 Å². The van der Waals surface area contributed by atoms with Crippen LogP contribution in [0.4, 0.5) is 0 Å². The molecule has 1 fully saturated rings. The molecule has 1 aliphatic rings. The summed E-state index contributed by atoms with van der Waals surface area (Å²) in [6.07, 6.45) is 1.93. The molecule has 0 radical (unpaired) electrons. The van der Waals surface area contributed by atoms with Crippen molar-refractivity contribution in [3.05, 3.63) is 69.4 Å². The predicted octanol–water partition coefficient (Wildman–Crippen LogP) is 1.44. The Bertz CT molecular complexity index is 1140. The number of hydrogen-bond acceptors (Lipinski definition) is 4. The van der Waals surface area contributed by atoms with Crippen LogP contribution in [-0.2, 0) is 11.3 Å². The third-order valence-electron chi connectivity index (χ3n) is 4.61. The molecule has 1 N–H and O–H groups in total. The monoisotopic (exact) mass is 365 g/mol. The summed E-state index contributed by atoms with van der Waals surface area (Å²) in [5, 5.41) is 3.25. The summed E-state index contributed by atoms with van der Waals surface area (Å²) in [6, 6.07) is 13.7. The lowest BCUT2D eigenvalue weighted by atomic mass is 10.2. The van der Waals surface area contributed by atoms with Crippen LogP contribution in [0.25, 0.3) is 16.6 Å². The summed E-state index contributed by atoms with van der Waals surface area (Å²) in [7, 11) is 1.52. The van der Waals surface area contributed by atoms with Gasteiger partial charge < -0.3 is 10.1 Å². The number of benzene rings is 2. The Balaban J connectivity index is 1.92. The zero-order chi connectivity index (χ0) is 19.0. The van der Waals surface area contributed by atoms with Crippen molar-refractivity contribution in [2.75, 3.05) is 7.11 Å². The number of amides is 1. The van der Waals surface area contributed by atoms with E-state index in [1.54, 1.807) is 48.5 Å². The highest BCUT2D eigenvalue weighted by atomic mass is 16.5. The summed E-state index contributed by atoms with van der Waals surface area (Å²) in [6.45, 7) is -0.139. The zero-order valence-corrected chi connectivity index (χ0v) is 14.8. The normalized spacial score (nSPS) is 13.5. The zero-order valence-electron chi connectivity index (χ0n) is 14.8. The summed E-state index contributed by atoms with van der Waals surface area (Å²) in [5.74, 6) is 0.297. The van der Waals surface area contributed by atoms with E-state index in [2.05, 4.69) is 5.32 Å². The number of hydrogen-bond donors (Lipinski definition) is 1. The Morgan fingerprint density at radius 3 is 2.67 bits per heavy atom. The average molecular weight is 365 g/mol. The van der Waals surface area contributed by atoms with Crippen LogP contribution in [-0.4, -0.2) is 28.2 Å². The lowest BCUT2D eigenvalue weighted by Crippen LogP contribution is -2.42. The number of ether oxygens (including phenoxy) is 1. The Labute approximate surface area is 154 Å². The molecule has 0 atom stereocenters. The van der Waals surface area contributed by atoms with Gasteiger partial charge in [0.1, 0.15) is 12.3 Å². The number of rotatable bonds is 5. The van der Waals surface area contributed by atoms with Gasteiger partial charge in [-0.15, -0.1) is 0 Å². The molecule has 7 nitrogen and oxygen atoms in total. The molecule has 0 bridgehead atoms. The van der Waals surface area contributed by atoms with Crippen LogP contribution in [0.1, 0.15) is 12.8 Å². The number of nitrogens with zero attached hydrogens (tertiary/aromatic N) is 2. The minimum Gasteiger partial charge on any atom is -0.497 e. The Morgan fingerprint density at radius 2 is 1.93 bits per heavy atom. The number of para-hydroxylation sites is 1. The number of carbonyl (C=O) groups excluding carboxylic acids is 1. The quantitative estimate of drug-likeness (QED) is 0.742. The molecule has 27 heavy (non-hydrogen) atoms. The van der Waals surface area contributed by atoms with E-state index in [1.807, 2.05) is 0 Å². The number of aromatic nitrogens is 2. The molecule has 138 valence electrons. The highest BCUT2D eigenvalue weighted by Gasteiger charge is 2.24. The van der Waals surface area contributed by atoms with Gasteiger partial charge in [-0.3, -0.25) is 14.2 Å². The maximum atomic E-state index is 13.1. The van der Waals surface area contributed by atoms with E-state index in [9.17, 15) is 14.4 Å². The van der Waals surface area contributed by atoms with Gasteiger partial charge in [-0.1, -0.05) is 18.2 Å². The second-order valence-corrected chi connectivity index (χ2v) is 6.57. The molecule has 1 amide bonds. The van der Waals surface area contributed by atoms with Gasteiger partial charge in [0.2, 0.25) is 5.91 Å². The van der Waals surface area contributed by atoms with Crippen LogP contribution in [0.2, 0.25) is 0 Å². The van der Waals surface area contributed by atoms with Crippen molar-refractivity contribution >= 4 is 16.8 Å². The Hall–Kier alpha value is -3.35. The molecule has 0 aliphatic heterocycles. The topological polar surface area (TPSA) is 82.3 Å². The average Bonchev–Trinajstić information content (AvgIpc) is 3.49. The number of nitrogens with one attached hydrogen (secondary N) is 1. The van der Waals surface area contributed by atoms with Crippen LogP contribution in [0.5, 0.6) is 5.75 Å². The fraction of sp³-hybridized carbons (Fsp3) is 0.250. The summed E-state index contributed by atoms with van der Waals surface area (Å²) in [4.78, 5) is 38.4. The molecule has 2 aromatic carbocycles. The number of methoxy groups -OCH3 is 1. The highest BCUT2D eigenvalue weighted by molar-refractivity contribution is 5.82. The van der Waals surface area contributed by atoms with Gasteiger partial charge in [-0.05, 0) is 37.1 Å². The van der Waals surface area contributed by atoms with E-state index < -0.39 is 11.2 Å². The molecule has 7 heteroatoms. The minimum atomic E-state index is -0.557. The molecular weight excluding hydrogens is 346 g/mol. The maximum Gasteiger partial charge on any atom is 0.336 e. The van der Waals surface area contributed by atoms with Crippen LogP contribution < -0.4 is 21.3 Å². The SMILES string of the molecule is COc1cccc(-n2c(=O)c3ccccc3n(CC(=O)NC3CC3)c2=O)c1. The smallest absolute Gasteiger partial charge is 0.336 e. The molecule has 0 spiro atoms. The molecule has 1 heterocycles. The molecule has 4 rings (SSSR count). The highest BCUT2D eigenvalue weighted by Crippen LogP contribution is 2.19. The standard InChI is InChI=1S/C20H19N3O4/c1-27-15-6-4-5-14(11-15)23-19(25)16-7-2-3-8-17(16)22(20(23)26)12-18(24)21-13-9-10-13/h2-8,11,13H,9-10,12H2,1H3,(H,21,24). The van der Waals surface area contributed by atoms with Crippen molar-refractivity contribution in [2.45, 2.75) is 25.4 Å². The van der Waals surface area contributed by atoms with E-state index in [1.165, 1.54) is 11.7 Å². The van der Waals surface area contributed by atoms with Gasteiger partial charge in [0.15, 0.2) is 0 Å². The van der Waals surface area contributed by atoms with Crippen LogP contribution in [0.15, 0.2) is 58.1 Å². The molecule has 0 unspecified atom stereocenters. The third kappa shape index (κ3) is 3.23. The van der Waals surface area contributed by atoms with E-state index in [-0.39, 0.29) is 18.5 Å². The first kappa shape index (κ1) is 17.1. The van der Waals surface area contributed by atoms with Crippen LogP contribution >= 0.6 is 0 Å². The van der Waals surface area contributed by atoms with Crippen molar-refractivity contribution in [1.29, 1.82) is 0 Å².